The van der Waals surface area contributed by atoms with Crippen LogP contribution in [0.2, 0.25) is 0 Å². The van der Waals surface area contributed by atoms with Crippen molar-refractivity contribution in [3.8, 4) is 0 Å². The van der Waals surface area contributed by atoms with Crippen molar-refractivity contribution in [2.24, 2.45) is 5.41 Å². The van der Waals surface area contributed by atoms with Gasteiger partial charge < -0.3 is 14.2 Å². The third-order valence-corrected chi connectivity index (χ3v) is 4.13. The van der Waals surface area contributed by atoms with Gasteiger partial charge in [0, 0.05) is 18.3 Å². The fourth-order valence-corrected chi connectivity index (χ4v) is 3.30. The fourth-order valence-electron chi connectivity index (χ4n) is 3.19. The first-order valence-electron chi connectivity index (χ1n) is 6.34. The molecule has 2 fully saturated rings. The van der Waals surface area contributed by atoms with E-state index in [1.54, 1.807) is 6.92 Å². The normalized spacial score (nSPS) is 32.5. The van der Waals surface area contributed by atoms with Crippen LogP contribution in [0.5, 0.6) is 0 Å². The maximum absolute atomic E-state index is 12.6. The number of ether oxygens (including phenoxy) is 3. The van der Waals surface area contributed by atoms with Gasteiger partial charge in [-0.15, -0.1) is 0 Å². The molecule has 0 aromatic rings. The summed E-state index contributed by atoms with van der Waals surface area (Å²) in [5.41, 5.74) is -1.85. The monoisotopic (exact) mass is 334 g/mol. The number of carbonyl (C=O) groups excluding carboxylic acids is 2. The van der Waals surface area contributed by atoms with E-state index in [1.807, 2.05) is 13.8 Å². The Hall–Kier alpha value is -0.460. The highest BCUT2D eigenvalue weighted by molar-refractivity contribution is 9.09. The van der Waals surface area contributed by atoms with Crippen molar-refractivity contribution < 1.29 is 23.8 Å². The molecule has 1 unspecified atom stereocenters. The predicted octanol–water partition coefficient (Wildman–Crippen LogP) is 1.82. The molecule has 0 radical (unpaired) electrons. The second-order valence-corrected chi connectivity index (χ2v) is 6.57. The largest absolute Gasteiger partial charge is 0.450 e. The van der Waals surface area contributed by atoms with Gasteiger partial charge in [0.2, 0.25) is 0 Å². The Kier molecular flexibility index (Phi) is 3.79. The molecule has 1 aliphatic heterocycles. The molecule has 1 saturated carbocycles. The maximum atomic E-state index is 12.6. The van der Waals surface area contributed by atoms with Crippen LogP contribution in [0, 0.1) is 5.41 Å². The van der Waals surface area contributed by atoms with Crippen LogP contribution < -0.4 is 0 Å². The molecule has 1 saturated heterocycles. The molecular formula is C13H19BrO5. The van der Waals surface area contributed by atoms with Crippen LogP contribution in [0.3, 0.4) is 0 Å². The molecule has 2 rings (SSSR count). The first-order chi connectivity index (χ1) is 8.73. The lowest BCUT2D eigenvalue weighted by Gasteiger charge is -2.47. The molecule has 0 aromatic heterocycles. The number of alkyl halides is 1. The van der Waals surface area contributed by atoms with E-state index in [0.29, 0.717) is 19.6 Å². The molecule has 1 spiro atoms. The van der Waals surface area contributed by atoms with Gasteiger partial charge in [0.25, 0.3) is 0 Å². The molecule has 1 heterocycles. The zero-order valence-electron chi connectivity index (χ0n) is 11.5. The maximum Gasteiger partial charge on any atom is 0.317 e. The average molecular weight is 335 g/mol. The van der Waals surface area contributed by atoms with Crippen LogP contribution in [0.1, 0.15) is 33.6 Å². The Morgan fingerprint density at radius 2 is 1.84 bits per heavy atom. The molecule has 2 aliphatic rings. The van der Waals surface area contributed by atoms with Gasteiger partial charge in [-0.2, -0.15) is 0 Å². The summed E-state index contributed by atoms with van der Waals surface area (Å²) in [4.78, 5) is 24.1. The van der Waals surface area contributed by atoms with Crippen molar-refractivity contribution >= 4 is 27.7 Å². The molecule has 19 heavy (non-hydrogen) atoms. The van der Waals surface area contributed by atoms with Crippen molar-refractivity contribution in [1.29, 1.82) is 0 Å². The van der Waals surface area contributed by atoms with E-state index in [2.05, 4.69) is 15.9 Å². The minimum absolute atomic E-state index is 0.0605. The van der Waals surface area contributed by atoms with E-state index < -0.39 is 22.8 Å². The van der Waals surface area contributed by atoms with Gasteiger partial charge in [-0.05, 0) is 6.92 Å². The summed E-state index contributed by atoms with van der Waals surface area (Å²) in [6.07, 6.45) is 0.737. The Balaban J connectivity index is 2.30. The first-order valence-corrected chi connectivity index (χ1v) is 7.46. The summed E-state index contributed by atoms with van der Waals surface area (Å²) >= 11 is 3.04. The van der Waals surface area contributed by atoms with E-state index in [-0.39, 0.29) is 17.5 Å². The molecule has 0 N–H and O–H groups in total. The standard InChI is InChI=1S/C13H19BrO5/c1-11(2)7-13(17-4-5-18-13)8-12(3,10(11)16)19-9(15)6-14/h4-8H2,1-3H3. The van der Waals surface area contributed by atoms with Crippen LogP contribution in [0.4, 0.5) is 0 Å². The van der Waals surface area contributed by atoms with Gasteiger partial charge >= 0.3 is 5.97 Å². The molecule has 6 heteroatoms. The lowest BCUT2D eigenvalue weighted by molar-refractivity contribution is -0.235. The SMILES string of the molecule is CC1(C)CC2(CC(C)(OC(=O)CBr)C1=O)OCCO2. The number of rotatable bonds is 2. The highest BCUT2D eigenvalue weighted by Crippen LogP contribution is 2.48. The minimum atomic E-state index is -1.20. The third-order valence-electron chi connectivity index (χ3n) is 3.67. The van der Waals surface area contributed by atoms with Crippen molar-refractivity contribution in [3.63, 3.8) is 0 Å². The number of halogens is 1. The second-order valence-electron chi connectivity index (χ2n) is 6.01. The summed E-state index contributed by atoms with van der Waals surface area (Å²) < 4.78 is 16.8. The van der Waals surface area contributed by atoms with Gasteiger partial charge in [0.1, 0.15) is 5.33 Å². The number of ketones is 1. The van der Waals surface area contributed by atoms with E-state index >= 15 is 0 Å². The molecule has 108 valence electrons. The molecule has 1 atom stereocenters. The molecule has 0 bridgehead atoms. The quantitative estimate of drug-likeness (QED) is 0.569. The van der Waals surface area contributed by atoms with E-state index in [1.165, 1.54) is 0 Å². The Labute approximate surface area is 121 Å². The Morgan fingerprint density at radius 1 is 1.26 bits per heavy atom. The van der Waals surface area contributed by atoms with Crippen molar-refractivity contribution in [3.05, 3.63) is 0 Å². The molecule has 0 amide bonds. The Morgan fingerprint density at radius 3 is 2.37 bits per heavy atom. The molecule has 1 aliphatic carbocycles. The van der Waals surface area contributed by atoms with Gasteiger partial charge in [-0.1, -0.05) is 29.8 Å². The highest BCUT2D eigenvalue weighted by atomic mass is 79.9. The Bertz CT molecular complexity index is 400. The zero-order valence-corrected chi connectivity index (χ0v) is 13.0. The van der Waals surface area contributed by atoms with E-state index in [9.17, 15) is 9.59 Å². The smallest absolute Gasteiger partial charge is 0.317 e. The lowest BCUT2D eigenvalue weighted by atomic mass is 9.66. The molecular weight excluding hydrogens is 316 g/mol. The van der Waals surface area contributed by atoms with Gasteiger partial charge in [0.05, 0.1) is 13.2 Å². The number of carbonyl (C=O) groups is 2. The van der Waals surface area contributed by atoms with E-state index in [4.69, 9.17) is 14.2 Å². The second kappa shape index (κ2) is 4.82. The predicted molar refractivity (Wildman–Crippen MR) is 70.9 cm³/mol. The fraction of sp³-hybridized carbons (Fsp3) is 0.846. The zero-order chi connectivity index (χ0) is 14.3. The number of Topliss-reactive ketones (excluding diaryl/α,β-unsaturated/α-hetero) is 1. The van der Waals surface area contributed by atoms with Crippen molar-refractivity contribution in [2.45, 2.75) is 45.0 Å². The summed E-state index contributed by atoms with van der Waals surface area (Å²) in [7, 11) is 0. The van der Waals surface area contributed by atoms with Crippen LogP contribution in [-0.4, -0.2) is 41.7 Å². The van der Waals surface area contributed by atoms with Crippen molar-refractivity contribution in [2.75, 3.05) is 18.5 Å². The van der Waals surface area contributed by atoms with Gasteiger partial charge in [0.15, 0.2) is 17.2 Å². The van der Waals surface area contributed by atoms with Crippen LogP contribution in [0.15, 0.2) is 0 Å². The van der Waals surface area contributed by atoms with Gasteiger partial charge in [-0.3, -0.25) is 9.59 Å². The number of hydrogen-bond donors (Lipinski definition) is 0. The summed E-state index contributed by atoms with van der Waals surface area (Å²) in [6.45, 7) is 6.33. The first kappa shape index (κ1) is 14.9. The van der Waals surface area contributed by atoms with Gasteiger partial charge in [-0.25, -0.2) is 0 Å². The summed E-state index contributed by atoms with van der Waals surface area (Å²) in [5.74, 6) is -1.35. The third kappa shape index (κ3) is 2.71. The van der Waals surface area contributed by atoms with E-state index in [0.717, 1.165) is 0 Å². The minimum Gasteiger partial charge on any atom is -0.450 e. The summed E-state index contributed by atoms with van der Waals surface area (Å²) in [5, 5.41) is 0.0605. The molecule has 5 nitrogen and oxygen atoms in total. The van der Waals surface area contributed by atoms with Crippen molar-refractivity contribution in [1.82, 2.24) is 0 Å². The lowest BCUT2D eigenvalue weighted by Crippen LogP contribution is -2.59. The molecule has 0 aromatic carbocycles. The summed E-state index contributed by atoms with van der Waals surface area (Å²) in [6, 6.07) is 0. The topological polar surface area (TPSA) is 61.8 Å². The van der Waals surface area contributed by atoms with Crippen LogP contribution >= 0.6 is 15.9 Å². The highest BCUT2D eigenvalue weighted by Gasteiger charge is 2.60. The number of hydrogen-bond acceptors (Lipinski definition) is 5. The van der Waals surface area contributed by atoms with Crippen LogP contribution in [-0.2, 0) is 23.8 Å². The van der Waals surface area contributed by atoms with Crippen LogP contribution in [0.25, 0.3) is 0 Å². The average Bonchev–Trinajstić information content (AvgIpc) is 2.73. The number of esters is 1.